The molecule has 0 bridgehead atoms. The highest BCUT2D eigenvalue weighted by atomic mass is 31.2. The normalized spacial score (nSPS) is 13.8. The maximum absolute atomic E-state index is 13.1. The smallest absolute Gasteiger partial charge is 0.462 e. The van der Waals surface area contributed by atoms with Gasteiger partial charge in [0.2, 0.25) is 0 Å². The lowest BCUT2D eigenvalue weighted by Gasteiger charge is -2.21. The molecule has 624 valence electrons. The molecule has 0 aliphatic rings. The van der Waals surface area contributed by atoms with E-state index in [0.717, 1.165) is 102 Å². The number of aliphatic hydroxyl groups excluding tert-OH is 1. The van der Waals surface area contributed by atoms with E-state index in [9.17, 15) is 43.2 Å². The van der Waals surface area contributed by atoms with Crippen LogP contribution in [-0.4, -0.2) is 96.7 Å². The van der Waals surface area contributed by atoms with Crippen molar-refractivity contribution in [2.45, 2.75) is 483 Å². The van der Waals surface area contributed by atoms with Crippen LogP contribution in [0.1, 0.15) is 465 Å². The number of esters is 4. The van der Waals surface area contributed by atoms with Gasteiger partial charge in [0.25, 0.3) is 0 Å². The van der Waals surface area contributed by atoms with Crippen molar-refractivity contribution < 1.29 is 80.2 Å². The molecule has 0 spiro atoms. The van der Waals surface area contributed by atoms with E-state index in [-0.39, 0.29) is 25.7 Å². The Morgan fingerprint density at radius 3 is 0.648 bits per heavy atom. The number of unbranched alkanes of at least 4 members (excludes halogenated alkanes) is 58. The van der Waals surface area contributed by atoms with Crippen LogP contribution in [0.15, 0.2) is 0 Å². The Morgan fingerprint density at radius 1 is 0.257 bits per heavy atom. The monoisotopic (exact) mass is 1540 g/mol. The first-order valence-electron chi connectivity index (χ1n) is 44.6. The van der Waals surface area contributed by atoms with E-state index in [2.05, 4.69) is 34.6 Å². The first-order valence-corrected chi connectivity index (χ1v) is 47.6. The van der Waals surface area contributed by atoms with E-state index in [1.54, 1.807) is 0 Å². The fourth-order valence-electron chi connectivity index (χ4n) is 13.5. The van der Waals surface area contributed by atoms with Crippen LogP contribution >= 0.6 is 15.6 Å². The molecule has 0 saturated heterocycles. The van der Waals surface area contributed by atoms with Crippen molar-refractivity contribution in [2.75, 3.05) is 39.6 Å². The summed E-state index contributed by atoms with van der Waals surface area (Å²) >= 11 is 0. The molecule has 0 aromatic heterocycles. The van der Waals surface area contributed by atoms with Crippen molar-refractivity contribution in [2.24, 2.45) is 5.92 Å². The zero-order chi connectivity index (χ0) is 76.9. The van der Waals surface area contributed by atoms with Crippen LogP contribution < -0.4 is 0 Å². The van der Waals surface area contributed by atoms with Crippen LogP contribution in [0, 0.1) is 5.92 Å². The van der Waals surface area contributed by atoms with Gasteiger partial charge in [0.15, 0.2) is 12.2 Å². The number of phosphoric ester groups is 2. The summed E-state index contributed by atoms with van der Waals surface area (Å²) in [7, 11) is -9.92. The summed E-state index contributed by atoms with van der Waals surface area (Å²) in [5.41, 5.74) is 0. The van der Waals surface area contributed by atoms with Gasteiger partial charge in [0, 0.05) is 25.7 Å². The SMILES string of the molecule is CCCCCCCCCCCCCCCCCCCCCCCC(=O)O[C@H](COC(=O)CCCCCCCCCCCCCCCCCCCCC)COP(=O)(O)OC[C@@H](O)COP(=O)(O)OC[C@@H](COC(=O)CCCCCCCCCC)OC(=O)CCCCCCCCCCCCCCCCC(C)C. The lowest BCUT2D eigenvalue weighted by molar-refractivity contribution is -0.161. The fourth-order valence-corrected chi connectivity index (χ4v) is 15.1. The topological polar surface area (TPSA) is 237 Å². The third-order valence-electron chi connectivity index (χ3n) is 20.3. The number of hydrogen-bond acceptors (Lipinski definition) is 15. The molecule has 0 aliphatic heterocycles. The predicted molar refractivity (Wildman–Crippen MR) is 432 cm³/mol. The Labute approximate surface area is 645 Å². The van der Waals surface area contributed by atoms with Gasteiger partial charge in [-0.2, -0.15) is 0 Å². The molecule has 0 rings (SSSR count). The average molecular weight is 1540 g/mol. The number of carbonyl (C=O) groups is 4. The third-order valence-corrected chi connectivity index (χ3v) is 22.2. The highest BCUT2D eigenvalue weighted by Crippen LogP contribution is 2.45. The van der Waals surface area contributed by atoms with Crippen molar-refractivity contribution in [3.05, 3.63) is 0 Å². The Morgan fingerprint density at radius 2 is 0.438 bits per heavy atom. The molecule has 0 aliphatic carbocycles. The van der Waals surface area contributed by atoms with Gasteiger partial charge in [-0.1, -0.05) is 413 Å². The molecule has 0 amide bonds. The van der Waals surface area contributed by atoms with E-state index in [4.69, 9.17) is 37.0 Å². The van der Waals surface area contributed by atoms with Gasteiger partial charge in [0.05, 0.1) is 26.4 Å². The second-order valence-corrected chi connectivity index (χ2v) is 34.3. The number of phosphoric acid groups is 2. The number of carbonyl (C=O) groups excluding carboxylic acids is 4. The van der Waals surface area contributed by atoms with E-state index in [1.807, 2.05) is 0 Å². The molecule has 3 N–H and O–H groups in total. The van der Waals surface area contributed by atoms with Crippen LogP contribution in [0.3, 0.4) is 0 Å². The highest BCUT2D eigenvalue weighted by molar-refractivity contribution is 7.47. The van der Waals surface area contributed by atoms with Gasteiger partial charge in [-0.25, -0.2) is 9.13 Å². The largest absolute Gasteiger partial charge is 0.472 e. The van der Waals surface area contributed by atoms with Crippen molar-refractivity contribution in [1.82, 2.24) is 0 Å². The summed E-state index contributed by atoms with van der Waals surface area (Å²) in [6, 6.07) is 0. The van der Waals surface area contributed by atoms with Crippen LogP contribution in [0.4, 0.5) is 0 Å². The Hall–Kier alpha value is -1.94. The molecule has 17 nitrogen and oxygen atoms in total. The van der Waals surface area contributed by atoms with Gasteiger partial charge < -0.3 is 33.8 Å². The quantitative estimate of drug-likeness (QED) is 0.0222. The van der Waals surface area contributed by atoms with Crippen molar-refractivity contribution in [3.63, 3.8) is 0 Å². The van der Waals surface area contributed by atoms with Gasteiger partial charge in [-0.15, -0.1) is 0 Å². The minimum atomic E-state index is -4.96. The number of aliphatic hydroxyl groups is 1. The van der Waals surface area contributed by atoms with Crippen LogP contribution in [0.25, 0.3) is 0 Å². The third kappa shape index (κ3) is 79.9. The first kappa shape index (κ1) is 103. The summed E-state index contributed by atoms with van der Waals surface area (Å²) in [6.45, 7) is 7.35. The highest BCUT2D eigenvalue weighted by Gasteiger charge is 2.30. The molecular weight excluding hydrogens is 1370 g/mol. The van der Waals surface area contributed by atoms with Crippen molar-refractivity contribution in [1.29, 1.82) is 0 Å². The summed E-state index contributed by atoms with van der Waals surface area (Å²) in [5.74, 6) is -1.31. The maximum atomic E-state index is 13.1. The molecule has 105 heavy (non-hydrogen) atoms. The first-order chi connectivity index (χ1) is 51.0. The fraction of sp³-hybridized carbons (Fsp3) is 0.953. The molecular formula is C86H168O17P2. The zero-order valence-electron chi connectivity index (χ0n) is 68.9. The zero-order valence-corrected chi connectivity index (χ0v) is 70.7. The van der Waals surface area contributed by atoms with E-state index in [1.165, 1.54) is 283 Å². The number of ether oxygens (including phenoxy) is 4. The summed E-state index contributed by atoms with van der Waals surface area (Å²) < 4.78 is 68.8. The Bertz CT molecular complexity index is 2000. The summed E-state index contributed by atoms with van der Waals surface area (Å²) in [4.78, 5) is 73.1. The molecule has 5 atom stereocenters. The lowest BCUT2D eigenvalue weighted by Crippen LogP contribution is -2.30. The minimum absolute atomic E-state index is 0.108. The van der Waals surface area contributed by atoms with Gasteiger partial charge in [-0.05, 0) is 31.6 Å². The second-order valence-electron chi connectivity index (χ2n) is 31.4. The minimum Gasteiger partial charge on any atom is -0.462 e. The van der Waals surface area contributed by atoms with Crippen molar-refractivity contribution >= 4 is 39.5 Å². The van der Waals surface area contributed by atoms with Crippen molar-refractivity contribution in [3.8, 4) is 0 Å². The van der Waals surface area contributed by atoms with Crippen LogP contribution in [0.2, 0.25) is 0 Å². The number of rotatable bonds is 86. The van der Waals surface area contributed by atoms with E-state index in [0.29, 0.717) is 25.7 Å². The summed E-state index contributed by atoms with van der Waals surface area (Å²) in [5, 5.41) is 10.7. The average Bonchev–Trinajstić information content (AvgIpc) is 0.906. The number of hydrogen-bond donors (Lipinski definition) is 3. The molecule has 0 radical (unpaired) electrons. The molecule has 0 heterocycles. The lowest BCUT2D eigenvalue weighted by atomic mass is 10.0. The molecule has 0 fully saturated rings. The van der Waals surface area contributed by atoms with Crippen LogP contribution in [0.5, 0.6) is 0 Å². The maximum Gasteiger partial charge on any atom is 0.472 e. The van der Waals surface area contributed by atoms with E-state index < -0.39 is 97.5 Å². The standard InChI is InChI=1S/C86H168O17P2/c1-6-9-12-15-18-21-23-25-27-29-31-32-34-36-38-43-47-51-56-61-66-71-86(91)103-82(76-97-84(89)70-65-60-55-50-46-42-37-35-33-30-28-26-24-22-19-16-13-10-7-2)78-101-105(94,95)99-74-80(87)73-98-104(92,93)100-77-81(75-96-83(88)69-64-59-54-20-17-14-11-8-3)102-85(90)72-67-62-57-52-48-44-40-39-41-45-49-53-58-63-68-79(4)5/h79-82,87H,6-78H2,1-5H3,(H,92,93)(H,94,95)/t80-,81+,82+/m0/s1. The predicted octanol–water partition coefficient (Wildman–Crippen LogP) is 26.4. The van der Waals surface area contributed by atoms with Gasteiger partial charge in [-0.3, -0.25) is 37.3 Å². The van der Waals surface area contributed by atoms with Gasteiger partial charge >= 0.3 is 39.5 Å². The molecule has 2 unspecified atom stereocenters. The second kappa shape index (κ2) is 78.7. The summed E-state index contributed by atoms with van der Waals surface area (Å²) in [6.07, 6.45) is 72.4. The van der Waals surface area contributed by atoms with Gasteiger partial charge in [0.1, 0.15) is 19.3 Å². The molecule has 0 aromatic rings. The molecule has 0 aromatic carbocycles. The van der Waals surface area contributed by atoms with E-state index >= 15 is 0 Å². The Balaban J connectivity index is 5.18. The Kier molecular flexibility index (Phi) is 77.3. The molecule has 19 heteroatoms. The molecule has 0 saturated carbocycles. The van der Waals surface area contributed by atoms with Crippen LogP contribution in [-0.2, 0) is 65.4 Å².